The van der Waals surface area contributed by atoms with Crippen LogP contribution in [0.2, 0.25) is 0 Å². The van der Waals surface area contributed by atoms with Crippen molar-refractivity contribution in [3.8, 4) is 84.1 Å². The highest BCUT2D eigenvalue weighted by atomic mass is 16.5. The van der Waals surface area contributed by atoms with E-state index in [0.29, 0.717) is 24.0 Å². The number of benzene rings is 12. The zero-order valence-electron chi connectivity index (χ0n) is 52.6. The smallest absolute Gasteiger partial charge is 0.137 e. The van der Waals surface area contributed by atoms with E-state index in [1.165, 1.54) is 44.5 Å². The maximum absolute atomic E-state index is 8.57. The predicted molar refractivity (Wildman–Crippen MR) is 369 cm³/mol. The average Bonchev–Trinajstić information content (AvgIpc) is 1.49. The molecule has 0 fully saturated rings. The first-order valence-corrected chi connectivity index (χ1v) is 30.7. The molecule has 5 heteroatoms. The Labute approximate surface area is 523 Å². The molecule has 0 atom stereocenters. The summed E-state index contributed by atoms with van der Waals surface area (Å²) in [6.07, 6.45) is 1.62. The number of fused-ring (bicyclic) bond motifs is 15. The predicted octanol–water partition coefficient (Wildman–Crippen LogP) is 21.8. The van der Waals surface area contributed by atoms with Gasteiger partial charge in [-0.25, -0.2) is 4.98 Å². The first kappa shape index (κ1) is 49.1. The van der Waals surface area contributed by atoms with Gasteiger partial charge in [-0.1, -0.05) is 251 Å². The van der Waals surface area contributed by atoms with Gasteiger partial charge >= 0.3 is 0 Å². The largest absolute Gasteiger partial charge is 0.457 e. The number of pyridine rings is 1. The summed E-state index contributed by atoms with van der Waals surface area (Å²) in [5, 5.41) is 2.08. The second-order valence-corrected chi connectivity index (χ2v) is 24.8. The van der Waals surface area contributed by atoms with Gasteiger partial charge in [-0.3, -0.25) is 4.57 Å². The number of aromatic nitrogens is 2. The maximum atomic E-state index is 8.57. The van der Waals surface area contributed by atoms with Crippen LogP contribution in [0.5, 0.6) is 11.5 Å². The van der Waals surface area contributed by atoms with Crippen molar-refractivity contribution >= 4 is 44.6 Å². The summed E-state index contributed by atoms with van der Waals surface area (Å²) in [6, 6.07) is 102. The lowest BCUT2D eigenvalue weighted by molar-refractivity contribution is 0.485. The number of anilines is 4. The van der Waals surface area contributed by atoms with Crippen molar-refractivity contribution in [3.63, 3.8) is 0 Å². The van der Waals surface area contributed by atoms with Gasteiger partial charge in [-0.15, -0.1) is 0 Å². The van der Waals surface area contributed by atoms with Gasteiger partial charge < -0.3 is 14.5 Å². The molecule has 2 aliphatic carbocycles. The molecule has 14 aromatic rings. The van der Waals surface area contributed by atoms with E-state index in [4.69, 9.17) is 13.8 Å². The van der Waals surface area contributed by atoms with Gasteiger partial charge in [-0.05, 0) is 138 Å². The summed E-state index contributed by atoms with van der Waals surface area (Å²) in [6.45, 7) is 4.99. The SMILES string of the molecule is [2H]C([2H])([2H])c1ccnc(-n2c3ccccc3c3c4c(c(Oc5cc(-c6ccccc6)cc(N6CN(c7c(-c8ccc(-c9ccccc9)cc8)cccc7-c7cccc(C(C)(C)C)c7)c7ccccc76)c5)cc32)-c2ccccc2C42c3ccccc3-c3ccccc32)c1. The number of aryl methyl sites for hydroxylation is 1. The van der Waals surface area contributed by atoms with E-state index < -0.39 is 12.3 Å². The summed E-state index contributed by atoms with van der Waals surface area (Å²) in [4.78, 5) is 9.93. The second-order valence-electron chi connectivity index (χ2n) is 24.8. The molecule has 3 aliphatic rings. The molecule has 17 rings (SSSR count). The minimum atomic E-state index is -2.36. The molecular weight excluding hydrogens is 1080 g/mol. The molecule has 1 spiro atoms. The fourth-order valence-corrected chi connectivity index (χ4v) is 14.8. The third kappa shape index (κ3) is 8.19. The zero-order valence-corrected chi connectivity index (χ0v) is 49.6. The topological polar surface area (TPSA) is 33.5 Å². The van der Waals surface area contributed by atoms with Gasteiger partial charge in [0.05, 0.1) is 33.5 Å². The molecule has 3 heterocycles. The average molecular weight is 1150 g/mol. The molecule has 89 heavy (non-hydrogen) atoms. The Hall–Kier alpha value is -11.0. The highest BCUT2D eigenvalue weighted by molar-refractivity contribution is 6.17. The molecular formula is C84H62N4O. The number of hydrogen-bond donors (Lipinski definition) is 0. The molecule has 0 saturated carbocycles. The van der Waals surface area contributed by atoms with Crippen LogP contribution < -0.4 is 14.5 Å². The molecule has 2 aromatic heterocycles. The molecule has 0 radical (unpaired) electrons. The van der Waals surface area contributed by atoms with E-state index >= 15 is 0 Å². The first-order chi connectivity index (χ1) is 44.9. The second kappa shape index (κ2) is 20.3. The van der Waals surface area contributed by atoms with Crippen LogP contribution in [0.25, 0.3) is 94.4 Å². The zero-order chi connectivity index (χ0) is 62.0. The third-order valence-electron chi connectivity index (χ3n) is 18.8. The van der Waals surface area contributed by atoms with E-state index in [0.717, 1.165) is 94.6 Å². The molecule has 0 saturated heterocycles. The molecule has 0 unspecified atom stereocenters. The maximum Gasteiger partial charge on any atom is 0.137 e. The molecule has 1 aliphatic heterocycles. The standard InChI is InChI=1S/C84H62N4O/c1-54-45-46-85-78(47-54)88-73-38-18-14-32-69(73)79-76(88)52-77(80-68-31-13-17-37-72(68)84(81(79)80)70-35-15-11-29-66(70)67-30-12-16-36-71(67)84)89-63-50-60(56-25-9-6-10-26-56)49-62(51-63)86-53-87(75-40-20-19-39-74(75)86)82-64(58-43-41-57(42-44-58)55-23-7-5-8-24-55)33-22-34-65(82)59-27-21-28-61(48-59)83(2,3)4/h5-52H,53H2,1-4H3/i1D3. The highest BCUT2D eigenvalue weighted by Gasteiger charge is 2.54. The molecule has 424 valence electrons. The number of rotatable bonds is 9. The molecule has 0 amide bonds. The number of para-hydroxylation sites is 4. The van der Waals surface area contributed by atoms with Gasteiger partial charge in [0.2, 0.25) is 0 Å². The molecule has 0 bridgehead atoms. The van der Waals surface area contributed by atoms with Crippen molar-refractivity contribution in [2.24, 2.45) is 0 Å². The first-order valence-electron chi connectivity index (χ1n) is 32.2. The molecule has 12 aromatic carbocycles. The van der Waals surface area contributed by atoms with Crippen molar-refractivity contribution in [1.82, 2.24) is 9.55 Å². The van der Waals surface area contributed by atoms with Crippen molar-refractivity contribution < 1.29 is 8.85 Å². The summed E-state index contributed by atoms with van der Waals surface area (Å²) in [5.74, 6) is 1.84. The van der Waals surface area contributed by atoms with Gasteiger partial charge in [0.15, 0.2) is 0 Å². The summed E-state index contributed by atoms with van der Waals surface area (Å²) >= 11 is 0. The van der Waals surface area contributed by atoms with Crippen LogP contribution in [0, 0.1) is 6.85 Å². The highest BCUT2D eigenvalue weighted by Crippen LogP contribution is 2.67. The molecule has 5 nitrogen and oxygen atoms in total. The van der Waals surface area contributed by atoms with Crippen LogP contribution in [0.15, 0.2) is 291 Å². The monoisotopic (exact) mass is 1150 g/mol. The Morgan fingerprint density at radius 3 is 1.72 bits per heavy atom. The van der Waals surface area contributed by atoms with E-state index in [1.54, 1.807) is 18.3 Å². The van der Waals surface area contributed by atoms with Crippen LogP contribution >= 0.6 is 0 Å². The Balaban J connectivity index is 0.890. The Kier molecular flexibility index (Phi) is 11.2. The molecule has 0 N–H and O–H groups in total. The van der Waals surface area contributed by atoms with Crippen LogP contribution in [0.3, 0.4) is 0 Å². The van der Waals surface area contributed by atoms with Crippen LogP contribution in [-0.4, -0.2) is 16.2 Å². The van der Waals surface area contributed by atoms with Gasteiger partial charge in [0.1, 0.15) is 24.0 Å². The van der Waals surface area contributed by atoms with Crippen molar-refractivity contribution in [1.29, 1.82) is 0 Å². The minimum Gasteiger partial charge on any atom is -0.457 e. The summed E-state index contributed by atoms with van der Waals surface area (Å²) in [5.41, 5.74) is 24.8. The lowest BCUT2D eigenvalue weighted by Crippen LogP contribution is -2.26. The van der Waals surface area contributed by atoms with Gasteiger partial charge in [0.25, 0.3) is 0 Å². The van der Waals surface area contributed by atoms with Crippen molar-refractivity contribution in [2.45, 2.75) is 38.5 Å². The van der Waals surface area contributed by atoms with Gasteiger partial charge in [0, 0.05) is 55.6 Å². The van der Waals surface area contributed by atoms with Crippen molar-refractivity contribution in [3.05, 3.63) is 325 Å². The lowest BCUT2D eigenvalue weighted by atomic mass is 9.69. The third-order valence-corrected chi connectivity index (χ3v) is 18.8. The minimum absolute atomic E-state index is 0.0609. The van der Waals surface area contributed by atoms with E-state index in [1.807, 2.05) is 0 Å². The fraction of sp³-hybridized carbons (Fsp3) is 0.0833. The van der Waals surface area contributed by atoms with Crippen LogP contribution in [0.4, 0.5) is 22.7 Å². The summed E-state index contributed by atoms with van der Waals surface area (Å²) in [7, 11) is 0. The Morgan fingerprint density at radius 2 is 1.01 bits per heavy atom. The quantitative estimate of drug-likeness (QED) is 0.144. The Bertz CT molecular complexity index is 5230. The van der Waals surface area contributed by atoms with E-state index in [9.17, 15) is 0 Å². The van der Waals surface area contributed by atoms with Crippen LogP contribution in [-0.2, 0) is 10.8 Å². The van der Waals surface area contributed by atoms with E-state index in [-0.39, 0.29) is 11.0 Å². The number of hydrogen-bond acceptors (Lipinski definition) is 4. The van der Waals surface area contributed by atoms with Gasteiger partial charge in [-0.2, -0.15) is 0 Å². The lowest BCUT2D eigenvalue weighted by Gasteiger charge is -2.31. The van der Waals surface area contributed by atoms with Crippen LogP contribution in [0.1, 0.15) is 58.3 Å². The van der Waals surface area contributed by atoms with E-state index in [2.05, 4.69) is 308 Å². The van der Waals surface area contributed by atoms with Crippen molar-refractivity contribution in [2.75, 3.05) is 16.5 Å². The Morgan fingerprint density at radius 1 is 0.449 bits per heavy atom. The number of ether oxygens (including phenoxy) is 1. The normalized spacial score (nSPS) is 14.0. The fourth-order valence-electron chi connectivity index (χ4n) is 14.8. The number of nitrogens with zero attached hydrogens (tertiary/aromatic N) is 4. The summed E-state index contributed by atoms with van der Waals surface area (Å²) < 4.78 is 35.7.